The number of hydrogen-bond acceptors (Lipinski definition) is 4. The highest BCUT2D eigenvalue weighted by Gasteiger charge is 2.14. The van der Waals surface area contributed by atoms with E-state index in [1.165, 1.54) is 0 Å². The fourth-order valence-corrected chi connectivity index (χ4v) is 1.78. The summed E-state index contributed by atoms with van der Waals surface area (Å²) in [5.74, 6) is -0.215. The van der Waals surface area contributed by atoms with Gasteiger partial charge in [-0.1, -0.05) is 19.9 Å². The first kappa shape index (κ1) is 15.1. The van der Waals surface area contributed by atoms with E-state index in [0.29, 0.717) is 11.4 Å². The molecule has 1 atom stereocenters. The van der Waals surface area contributed by atoms with Gasteiger partial charge in [-0.2, -0.15) is 5.10 Å². The molecule has 6 heteroatoms. The second-order valence-corrected chi connectivity index (χ2v) is 5.26. The number of benzene rings is 1. The van der Waals surface area contributed by atoms with Gasteiger partial charge in [0.05, 0.1) is 11.8 Å². The Balaban J connectivity index is 2.04. The lowest BCUT2D eigenvalue weighted by molar-refractivity contribution is 0.0867. The predicted molar refractivity (Wildman–Crippen MR) is 81.2 cm³/mol. The number of nitrogens with two attached hydrogens (primary N) is 1. The third-order valence-corrected chi connectivity index (χ3v) is 3.20. The minimum atomic E-state index is -0.565. The summed E-state index contributed by atoms with van der Waals surface area (Å²) in [7, 11) is 0. The molecule has 4 N–H and O–H groups in total. The molecular formula is C15H20N4O2. The third-order valence-electron chi connectivity index (χ3n) is 3.20. The van der Waals surface area contributed by atoms with E-state index in [2.05, 4.69) is 10.4 Å². The molecule has 0 saturated heterocycles. The van der Waals surface area contributed by atoms with E-state index >= 15 is 0 Å². The molecule has 1 aromatic heterocycles. The first-order chi connectivity index (χ1) is 9.97. The van der Waals surface area contributed by atoms with E-state index in [0.717, 1.165) is 5.69 Å². The lowest BCUT2D eigenvalue weighted by Gasteiger charge is -2.14. The summed E-state index contributed by atoms with van der Waals surface area (Å²) in [6.07, 6.45) is 1.13. The number of hydrogen-bond donors (Lipinski definition) is 3. The molecule has 0 aliphatic heterocycles. The van der Waals surface area contributed by atoms with Crippen LogP contribution in [0.5, 0.6) is 0 Å². The van der Waals surface area contributed by atoms with Gasteiger partial charge in [-0.25, -0.2) is 4.68 Å². The van der Waals surface area contributed by atoms with Crippen LogP contribution in [0.15, 0.2) is 36.5 Å². The summed E-state index contributed by atoms with van der Waals surface area (Å²) in [4.78, 5) is 12.0. The molecule has 0 saturated carbocycles. The minimum absolute atomic E-state index is 0.0927. The first-order valence-electron chi connectivity index (χ1n) is 6.85. The van der Waals surface area contributed by atoms with Crippen molar-refractivity contribution in [3.05, 3.63) is 42.2 Å². The van der Waals surface area contributed by atoms with Crippen LogP contribution in [0, 0.1) is 5.92 Å². The molecule has 0 spiro atoms. The summed E-state index contributed by atoms with van der Waals surface area (Å²) >= 11 is 0. The van der Waals surface area contributed by atoms with Crippen molar-refractivity contribution in [2.75, 3.05) is 12.3 Å². The fraction of sp³-hybridized carbons (Fsp3) is 0.333. The molecule has 1 aromatic carbocycles. The molecule has 2 aromatic rings. The molecule has 1 amide bonds. The van der Waals surface area contributed by atoms with Crippen molar-refractivity contribution in [2.45, 2.75) is 20.0 Å². The van der Waals surface area contributed by atoms with Crippen molar-refractivity contribution in [2.24, 2.45) is 5.92 Å². The second kappa shape index (κ2) is 6.41. The predicted octanol–water partition coefficient (Wildman–Crippen LogP) is 1.20. The van der Waals surface area contributed by atoms with E-state index in [4.69, 9.17) is 5.73 Å². The Morgan fingerprint density at radius 1 is 1.43 bits per heavy atom. The number of aliphatic hydroxyl groups is 1. The van der Waals surface area contributed by atoms with Gasteiger partial charge in [-0.3, -0.25) is 4.79 Å². The molecule has 1 heterocycles. The molecule has 0 aliphatic rings. The van der Waals surface area contributed by atoms with Crippen LogP contribution in [0.25, 0.3) is 5.69 Å². The van der Waals surface area contributed by atoms with Crippen molar-refractivity contribution >= 4 is 11.6 Å². The number of aliphatic hydroxyl groups excluding tert-OH is 1. The van der Waals surface area contributed by atoms with Gasteiger partial charge in [-0.15, -0.1) is 0 Å². The lowest BCUT2D eigenvalue weighted by atomic mass is 10.1. The Bertz CT molecular complexity index is 622. The van der Waals surface area contributed by atoms with Gasteiger partial charge in [0.25, 0.3) is 5.91 Å². The van der Waals surface area contributed by atoms with Crippen LogP contribution < -0.4 is 11.1 Å². The SMILES string of the molecule is CC(C)C(O)CNC(=O)c1ccn(-c2cccc(N)c2)n1. The summed E-state index contributed by atoms with van der Waals surface area (Å²) < 4.78 is 1.59. The summed E-state index contributed by atoms with van der Waals surface area (Å²) in [6, 6.07) is 8.87. The number of nitrogen functional groups attached to an aromatic ring is 1. The summed E-state index contributed by atoms with van der Waals surface area (Å²) in [6.45, 7) is 4.00. The Morgan fingerprint density at radius 2 is 2.19 bits per heavy atom. The zero-order valence-corrected chi connectivity index (χ0v) is 12.2. The maximum atomic E-state index is 12.0. The van der Waals surface area contributed by atoms with Gasteiger partial charge in [-0.05, 0) is 30.2 Å². The van der Waals surface area contributed by atoms with Crippen molar-refractivity contribution in [3.63, 3.8) is 0 Å². The zero-order chi connectivity index (χ0) is 15.4. The molecule has 0 radical (unpaired) electrons. The highest BCUT2D eigenvalue weighted by Crippen LogP contribution is 2.11. The number of nitrogens with one attached hydrogen (secondary N) is 1. The van der Waals surface area contributed by atoms with Crippen molar-refractivity contribution in [3.8, 4) is 5.69 Å². The van der Waals surface area contributed by atoms with E-state index in [1.807, 2.05) is 26.0 Å². The van der Waals surface area contributed by atoms with Crippen LogP contribution in [0.4, 0.5) is 5.69 Å². The maximum Gasteiger partial charge on any atom is 0.271 e. The Kier molecular flexibility index (Phi) is 4.59. The molecule has 1 unspecified atom stereocenters. The van der Waals surface area contributed by atoms with Crippen LogP contribution in [0.1, 0.15) is 24.3 Å². The standard InChI is InChI=1S/C15H20N4O2/c1-10(2)14(20)9-17-15(21)13-6-7-19(18-13)12-5-3-4-11(16)8-12/h3-8,10,14,20H,9,16H2,1-2H3,(H,17,21). The molecule has 2 rings (SSSR count). The number of carbonyl (C=O) groups excluding carboxylic acids is 1. The highest BCUT2D eigenvalue weighted by molar-refractivity contribution is 5.92. The molecule has 0 bridgehead atoms. The van der Waals surface area contributed by atoms with E-state index in [-0.39, 0.29) is 18.4 Å². The number of rotatable bonds is 5. The van der Waals surface area contributed by atoms with Crippen molar-refractivity contribution < 1.29 is 9.90 Å². The van der Waals surface area contributed by atoms with Crippen LogP contribution in [0.3, 0.4) is 0 Å². The lowest BCUT2D eigenvalue weighted by Crippen LogP contribution is -2.34. The largest absolute Gasteiger partial charge is 0.399 e. The van der Waals surface area contributed by atoms with E-state index < -0.39 is 6.10 Å². The molecular weight excluding hydrogens is 268 g/mol. The van der Waals surface area contributed by atoms with Crippen LogP contribution >= 0.6 is 0 Å². The van der Waals surface area contributed by atoms with Gasteiger partial charge in [0.2, 0.25) is 0 Å². The molecule has 0 aliphatic carbocycles. The Hall–Kier alpha value is -2.34. The van der Waals surface area contributed by atoms with Crippen molar-refractivity contribution in [1.82, 2.24) is 15.1 Å². The van der Waals surface area contributed by atoms with E-state index in [1.54, 1.807) is 29.1 Å². The van der Waals surface area contributed by atoms with Crippen molar-refractivity contribution in [1.29, 1.82) is 0 Å². The monoisotopic (exact) mass is 288 g/mol. The average Bonchev–Trinajstić information content (AvgIpc) is 2.94. The van der Waals surface area contributed by atoms with Crippen LogP contribution in [-0.2, 0) is 0 Å². The van der Waals surface area contributed by atoms with Gasteiger partial charge >= 0.3 is 0 Å². The topological polar surface area (TPSA) is 93.2 Å². The molecule has 21 heavy (non-hydrogen) atoms. The van der Waals surface area contributed by atoms with Gasteiger partial charge in [0.1, 0.15) is 0 Å². The zero-order valence-electron chi connectivity index (χ0n) is 12.2. The Morgan fingerprint density at radius 3 is 2.86 bits per heavy atom. The van der Waals surface area contributed by atoms with Gasteiger partial charge in [0, 0.05) is 18.4 Å². The first-order valence-corrected chi connectivity index (χ1v) is 6.85. The van der Waals surface area contributed by atoms with Gasteiger partial charge < -0.3 is 16.2 Å². The van der Waals surface area contributed by atoms with E-state index in [9.17, 15) is 9.90 Å². The second-order valence-electron chi connectivity index (χ2n) is 5.26. The minimum Gasteiger partial charge on any atom is -0.399 e. The normalized spacial score (nSPS) is 12.4. The smallest absolute Gasteiger partial charge is 0.271 e. The Labute approximate surface area is 123 Å². The van der Waals surface area contributed by atoms with Crippen LogP contribution in [0.2, 0.25) is 0 Å². The fourth-order valence-electron chi connectivity index (χ4n) is 1.78. The highest BCUT2D eigenvalue weighted by atomic mass is 16.3. The summed E-state index contributed by atoms with van der Waals surface area (Å²) in [5, 5.41) is 16.6. The third kappa shape index (κ3) is 3.82. The number of aromatic nitrogens is 2. The molecule has 6 nitrogen and oxygen atoms in total. The average molecular weight is 288 g/mol. The molecule has 112 valence electrons. The number of amides is 1. The van der Waals surface area contributed by atoms with Gasteiger partial charge in [0.15, 0.2) is 5.69 Å². The van der Waals surface area contributed by atoms with Crippen LogP contribution in [-0.4, -0.2) is 33.4 Å². The number of anilines is 1. The number of nitrogens with zero attached hydrogens (tertiary/aromatic N) is 2. The maximum absolute atomic E-state index is 12.0. The molecule has 0 fully saturated rings. The summed E-state index contributed by atoms with van der Waals surface area (Å²) in [5.41, 5.74) is 7.44. The quantitative estimate of drug-likeness (QED) is 0.721. The number of carbonyl (C=O) groups is 1.